The zero-order valence-corrected chi connectivity index (χ0v) is 16.0. The number of hydrogen-bond acceptors (Lipinski definition) is 5. The average molecular weight is 407 g/mol. The standard InChI is InChI=1S/C19H19F2N3O3S/c1-13-2-5-17-18(10-13)27-19(22-17)12-23-6-8-24(9-7-23)28(25,26)14-3-4-15(20)16(21)11-14/h2-5,10-11H,6-9,12H2,1H3. The van der Waals surface area contributed by atoms with Crippen molar-refractivity contribution in [3.8, 4) is 0 Å². The van der Waals surface area contributed by atoms with E-state index in [1.54, 1.807) is 0 Å². The molecule has 2 aromatic carbocycles. The van der Waals surface area contributed by atoms with Crippen molar-refractivity contribution in [1.82, 2.24) is 14.2 Å². The highest BCUT2D eigenvalue weighted by molar-refractivity contribution is 7.89. The van der Waals surface area contributed by atoms with Gasteiger partial charge in [0, 0.05) is 26.2 Å². The molecular formula is C19H19F2N3O3S. The van der Waals surface area contributed by atoms with Crippen LogP contribution in [-0.4, -0.2) is 48.8 Å². The minimum atomic E-state index is -3.86. The van der Waals surface area contributed by atoms with Gasteiger partial charge in [0.15, 0.2) is 17.2 Å². The molecule has 0 aliphatic carbocycles. The summed E-state index contributed by atoms with van der Waals surface area (Å²) >= 11 is 0. The normalized spacial score (nSPS) is 16.7. The van der Waals surface area contributed by atoms with E-state index in [9.17, 15) is 17.2 Å². The fourth-order valence-corrected chi connectivity index (χ4v) is 4.69. The number of nitrogens with zero attached hydrogens (tertiary/aromatic N) is 3. The van der Waals surface area contributed by atoms with Crippen LogP contribution in [-0.2, 0) is 16.6 Å². The molecule has 0 N–H and O–H groups in total. The van der Waals surface area contributed by atoms with E-state index in [0.29, 0.717) is 25.5 Å². The number of aromatic nitrogens is 1. The Kier molecular flexibility index (Phi) is 4.90. The molecule has 9 heteroatoms. The summed E-state index contributed by atoms with van der Waals surface area (Å²) in [6, 6.07) is 8.43. The van der Waals surface area contributed by atoms with Crippen LogP contribution >= 0.6 is 0 Å². The van der Waals surface area contributed by atoms with Crippen molar-refractivity contribution in [1.29, 1.82) is 0 Å². The Balaban J connectivity index is 1.42. The molecule has 1 saturated heterocycles. The van der Waals surface area contributed by atoms with Gasteiger partial charge in [0.2, 0.25) is 15.9 Å². The molecule has 1 aromatic heterocycles. The fourth-order valence-electron chi connectivity index (χ4n) is 3.25. The lowest BCUT2D eigenvalue weighted by Gasteiger charge is -2.33. The smallest absolute Gasteiger partial charge is 0.243 e. The van der Waals surface area contributed by atoms with E-state index < -0.39 is 21.7 Å². The first-order valence-corrected chi connectivity index (χ1v) is 10.3. The Hall–Kier alpha value is -2.36. The maximum atomic E-state index is 13.4. The zero-order valence-electron chi connectivity index (χ0n) is 15.2. The predicted octanol–water partition coefficient (Wildman–Crippen LogP) is 2.92. The molecule has 1 aliphatic rings. The van der Waals surface area contributed by atoms with Gasteiger partial charge in [0.1, 0.15) is 5.52 Å². The topological polar surface area (TPSA) is 66.7 Å². The van der Waals surface area contributed by atoms with Gasteiger partial charge < -0.3 is 4.42 Å². The van der Waals surface area contributed by atoms with Crippen molar-refractivity contribution in [3.05, 3.63) is 59.5 Å². The largest absolute Gasteiger partial charge is 0.439 e. The van der Waals surface area contributed by atoms with Crippen LogP contribution < -0.4 is 0 Å². The Morgan fingerprint density at radius 3 is 2.50 bits per heavy atom. The number of halogens is 2. The second-order valence-corrected chi connectivity index (χ2v) is 8.77. The van der Waals surface area contributed by atoms with E-state index in [0.717, 1.165) is 34.9 Å². The molecule has 2 heterocycles. The van der Waals surface area contributed by atoms with Crippen molar-refractivity contribution < 1.29 is 21.6 Å². The first kappa shape index (κ1) is 19.0. The quantitative estimate of drug-likeness (QED) is 0.665. The van der Waals surface area contributed by atoms with Crippen LogP contribution in [0.1, 0.15) is 11.5 Å². The van der Waals surface area contributed by atoms with Gasteiger partial charge in [-0.05, 0) is 42.8 Å². The molecular weight excluding hydrogens is 388 g/mol. The number of benzene rings is 2. The first-order chi connectivity index (χ1) is 13.3. The Morgan fingerprint density at radius 2 is 1.79 bits per heavy atom. The summed E-state index contributed by atoms with van der Waals surface area (Å²) in [7, 11) is -3.86. The Bertz CT molecular complexity index is 1120. The van der Waals surface area contributed by atoms with Gasteiger partial charge in [-0.2, -0.15) is 4.31 Å². The van der Waals surface area contributed by atoms with Crippen LogP contribution in [0.5, 0.6) is 0 Å². The van der Waals surface area contributed by atoms with Crippen LogP contribution in [0.4, 0.5) is 8.78 Å². The maximum Gasteiger partial charge on any atom is 0.243 e. The molecule has 3 aromatic rings. The van der Waals surface area contributed by atoms with Gasteiger partial charge in [-0.3, -0.25) is 4.90 Å². The zero-order chi connectivity index (χ0) is 19.9. The van der Waals surface area contributed by atoms with Crippen molar-refractivity contribution in [2.45, 2.75) is 18.4 Å². The molecule has 1 fully saturated rings. The first-order valence-electron chi connectivity index (χ1n) is 8.86. The van der Waals surface area contributed by atoms with E-state index in [-0.39, 0.29) is 18.0 Å². The van der Waals surface area contributed by atoms with Crippen molar-refractivity contribution in [2.24, 2.45) is 0 Å². The number of rotatable bonds is 4. The molecule has 1 aliphatic heterocycles. The third kappa shape index (κ3) is 3.65. The number of aryl methyl sites for hydroxylation is 1. The second-order valence-electron chi connectivity index (χ2n) is 6.83. The molecule has 4 rings (SSSR count). The van der Waals surface area contributed by atoms with E-state index in [4.69, 9.17) is 4.42 Å². The van der Waals surface area contributed by atoms with Crippen LogP contribution in [0, 0.1) is 18.6 Å². The lowest BCUT2D eigenvalue weighted by molar-refractivity contribution is 0.169. The van der Waals surface area contributed by atoms with Crippen LogP contribution in [0.3, 0.4) is 0 Å². The van der Waals surface area contributed by atoms with Gasteiger partial charge >= 0.3 is 0 Å². The summed E-state index contributed by atoms with van der Waals surface area (Å²) in [4.78, 5) is 6.27. The Labute approximate surface area is 161 Å². The Morgan fingerprint density at radius 1 is 1.04 bits per heavy atom. The lowest BCUT2D eigenvalue weighted by Crippen LogP contribution is -2.48. The number of fused-ring (bicyclic) bond motifs is 1. The van der Waals surface area contributed by atoms with Crippen LogP contribution in [0.2, 0.25) is 0 Å². The number of sulfonamides is 1. The van der Waals surface area contributed by atoms with Gasteiger partial charge in [0.25, 0.3) is 0 Å². The third-order valence-corrected chi connectivity index (χ3v) is 6.70. The minimum Gasteiger partial charge on any atom is -0.439 e. The molecule has 0 amide bonds. The lowest BCUT2D eigenvalue weighted by atomic mass is 10.2. The number of hydrogen-bond donors (Lipinski definition) is 0. The van der Waals surface area contributed by atoms with Crippen molar-refractivity contribution in [2.75, 3.05) is 26.2 Å². The third-order valence-electron chi connectivity index (χ3n) is 4.81. The summed E-state index contributed by atoms with van der Waals surface area (Å²) in [6.45, 7) is 3.93. The van der Waals surface area contributed by atoms with Crippen LogP contribution in [0.25, 0.3) is 11.1 Å². The van der Waals surface area contributed by atoms with E-state index in [1.165, 1.54) is 4.31 Å². The highest BCUT2D eigenvalue weighted by atomic mass is 32.2. The second kappa shape index (κ2) is 7.23. The molecule has 6 nitrogen and oxygen atoms in total. The van der Waals surface area contributed by atoms with Gasteiger partial charge in [-0.25, -0.2) is 22.2 Å². The van der Waals surface area contributed by atoms with E-state index >= 15 is 0 Å². The number of oxazole rings is 1. The predicted molar refractivity (Wildman–Crippen MR) is 99.1 cm³/mol. The molecule has 28 heavy (non-hydrogen) atoms. The molecule has 0 unspecified atom stereocenters. The summed E-state index contributed by atoms with van der Waals surface area (Å²) in [6.07, 6.45) is 0. The van der Waals surface area contributed by atoms with Crippen LogP contribution in [0.15, 0.2) is 45.7 Å². The van der Waals surface area contributed by atoms with Crippen molar-refractivity contribution in [3.63, 3.8) is 0 Å². The van der Waals surface area contributed by atoms with Gasteiger partial charge in [0.05, 0.1) is 11.4 Å². The summed E-state index contributed by atoms with van der Waals surface area (Å²) < 4.78 is 58.9. The fraction of sp³-hybridized carbons (Fsp3) is 0.316. The van der Waals surface area contributed by atoms with Gasteiger partial charge in [-0.15, -0.1) is 0 Å². The van der Waals surface area contributed by atoms with Crippen molar-refractivity contribution >= 4 is 21.1 Å². The highest BCUT2D eigenvalue weighted by Gasteiger charge is 2.29. The van der Waals surface area contributed by atoms with E-state index in [2.05, 4.69) is 9.88 Å². The molecule has 0 atom stereocenters. The highest BCUT2D eigenvalue weighted by Crippen LogP contribution is 2.22. The SMILES string of the molecule is Cc1ccc2nc(CN3CCN(S(=O)(=O)c4ccc(F)c(F)c4)CC3)oc2c1. The maximum absolute atomic E-state index is 13.4. The van der Waals surface area contributed by atoms with Gasteiger partial charge in [-0.1, -0.05) is 6.07 Å². The molecule has 0 radical (unpaired) electrons. The molecule has 0 spiro atoms. The molecule has 148 valence electrons. The van der Waals surface area contributed by atoms with E-state index in [1.807, 2.05) is 25.1 Å². The summed E-state index contributed by atoms with van der Waals surface area (Å²) in [5, 5.41) is 0. The summed E-state index contributed by atoms with van der Waals surface area (Å²) in [5.41, 5.74) is 2.61. The monoisotopic (exact) mass is 407 g/mol. The molecule has 0 saturated carbocycles. The minimum absolute atomic E-state index is 0.242. The summed E-state index contributed by atoms with van der Waals surface area (Å²) in [5.74, 6) is -1.67. The molecule has 0 bridgehead atoms. The average Bonchev–Trinajstić information content (AvgIpc) is 3.05. The number of piperazine rings is 1.